The summed E-state index contributed by atoms with van der Waals surface area (Å²) in [5.41, 5.74) is 0.750. The van der Waals surface area contributed by atoms with Crippen LogP contribution in [-0.2, 0) is 19.6 Å². The third-order valence-electron chi connectivity index (χ3n) is 9.74. The molecule has 2 saturated carbocycles. The summed E-state index contributed by atoms with van der Waals surface area (Å²) in [5, 5.41) is 8.63. The summed E-state index contributed by atoms with van der Waals surface area (Å²) in [4.78, 5) is 52.1. The Morgan fingerprint density at radius 3 is 2.61 bits per heavy atom. The van der Waals surface area contributed by atoms with Crippen LogP contribution in [-0.4, -0.2) is 84.3 Å². The van der Waals surface area contributed by atoms with Gasteiger partial charge in [-0.25, -0.2) is 23.2 Å². The maximum Gasteiger partial charge on any atom is 0.318 e. The normalized spacial score (nSPS) is 22.8. The highest BCUT2D eigenvalue weighted by Crippen LogP contribution is 2.45. The van der Waals surface area contributed by atoms with E-state index in [1.807, 2.05) is 29.6 Å². The van der Waals surface area contributed by atoms with Crippen LogP contribution in [0.25, 0.3) is 21.6 Å². The van der Waals surface area contributed by atoms with Crippen molar-refractivity contribution in [3.05, 3.63) is 48.0 Å². The molecule has 13 nitrogen and oxygen atoms in total. The lowest BCUT2D eigenvalue weighted by Gasteiger charge is -2.26. The molecule has 3 aromatic rings. The summed E-state index contributed by atoms with van der Waals surface area (Å²) in [5.74, 6) is -0.420. The van der Waals surface area contributed by atoms with Gasteiger partial charge in [0, 0.05) is 41.8 Å². The van der Waals surface area contributed by atoms with Crippen molar-refractivity contribution in [3.63, 3.8) is 0 Å². The van der Waals surface area contributed by atoms with E-state index in [-0.39, 0.29) is 25.3 Å². The van der Waals surface area contributed by atoms with Gasteiger partial charge in [-0.1, -0.05) is 39.7 Å². The molecular weight excluding hydrogens is 693 g/mol. The van der Waals surface area contributed by atoms with Crippen molar-refractivity contribution in [1.82, 2.24) is 30.2 Å². The van der Waals surface area contributed by atoms with Crippen LogP contribution in [0, 0.1) is 5.92 Å². The number of rotatable bonds is 15. The van der Waals surface area contributed by atoms with Crippen LogP contribution >= 0.6 is 11.3 Å². The number of benzene rings is 1. The van der Waals surface area contributed by atoms with Crippen LogP contribution in [0.4, 0.5) is 4.79 Å². The third kappa shape index (κ3) is 7.83. The number of nitrogens with zero attached hydrogens (tertiary/aromatic N) is 3. The molecule has 3 heterocycles. The number of carbonyl (C=O) groups is 3. The lowest BCUT2D eigenvalue weighted by molar-refractivity contribution is -0.131. The highest BCUT2D eigenvalue weighted by molar-refractivity contribution is 7.91. The molecule has 1 aliphatic heterocycles. The lowest BCUT2D eigenvalue weighted by atomic mass is 10.1. The lowest BCUT2D eigenvalue weighted by Crippen LogP contribution is -2.57. The van der Waals surface area contributed by atoms with Crippen molar-refractivity contribution in [2.24, 2.45) is 5.92 Å². The number of sulfonamides is 1. The molecule has 4 atom stereocenters. The molecule has 274 valence electrons. The molecule has 1 aromatic carbocycles. The van der Waals surface area contributed by atoms with Gasteiger partial charge in [-0.05, 0) is 43.7 Å². The van der Waals surface area contributed by atoms with Gasteiger partial charge in [0.05, 0.1) is 30.1 Å². The van der Waals surface area contributed by atoms with Crippen molar-refractivity contribution in [1.29, 1.82) is 0 Å². The van der Waals surface area contributed by atoms with Crippen molar-refractivity contribution in [2.75, 3.05) is 20.2 Å². The predicted molar refractivity (Wildman–Crippen MR) is 195 cm³/mol. The number of ether oxygens (including phenoxy) is 2. The summed E-state index contributed by atoms with van der Waals surface area (Å²) in [6, 6.07) is 5.92. The second-order valence-corrected chi connectivity index (χ2v) is 16.7. The molecular formula is C36H46N6O7S2. The molecule has 6 rings (SSSR count). The molecule has 0 spiro atoms. The zero-order chi connectivity index (χ0) is 36.5. The quantitative estimate of drug-likeness (QED) is 0.145. The summed E-state index contributed by atoms with van der Waals surface area (Å²) in [6.07, 6.45) is 4.97. The average molecular weight is 739 g/mol. The maximum atomic E-state index is 14.1. The molecule has 0 unspecified atom stereocenters. The highest BCUT2D eigenvalue weighted by atomic mass is 32.2. The van der Waals surface area contributed by atoms with Gasteiger partial charge >= 0.3 is 6.03 Å². The van der Waals surface area contributed by atoms with E-state index in [1.54, 1.807) is 7.11 Å². The standard InChI is InChI=1S/C36H46N6O7S2/c1-6-8-9-14-37-35(45)42-19-24(16-30(42)32(43)40-36(18-22(36)7-2)34(44)41-51(46,47)25-11-12-25)49-31-17-28(33-39-29(20-50-33)21(3)4)38-27-15-23(48-5)10-13-26(27)31/h7,10,13,15,17,20-22,24-25,30H,2,6,8-9,11-12,14,16,18-19H2,1,3-5H3,(H,37,45)(H,40,43)(H,41,44)/t22-,24-,30+,36-/m1/s1. The summed E-state index contributed by atoms with van der Waals surface area (Å²) in [7, 11) is -2.26. The molecule has 15 heteroatoms. The molecule has 2 aliphatic carbocycles. The first-order valence-corrected chi connectivity index (χ1v) is 20.0. The van der Waals surface area contributed by atoms with Crippen LogP contribution in [0.5, 0.6) is 11.5 Å². The molecule has 2 aromatic heterocycles. The van der Waals surface area contributed by atoms with E-state index in [9.17, 15) is 22.8 Å². The number of likely N-dealkylation sites (tertiary alicyclic amines) is 1. The number of hydrogen-bond acceptors (Lipinski definition) is 10. The first-order valence-electron chi connectivity index (χ1n) is 17.6. The highest BCUT2D eigenvalue weighted by Gasteiger charge is 2.62. The van der Waals surface area contributed by atoms with E-state index >= 15 is 0 Å². The number of nitrogens with one attached hydrogen (secondary N) is 3. The van der Waals surface area contributed by atoms with E-state index in [0.717, 1.165) is 35.4 Å². The second-order valence-electron chi connectivity index (χ2n) is 13.9. The number of urea groups is 1. The van der Waals surface area contributed by atoms with Gasteiger partial charge in [0.1, 0.15) is 39.9 Å². The van der Waals surface area contributed by atoms with E-state index in [1.165, 1.54) is 22.3 Å². The van der Waals surface area contributed by atoms with Crippen LogP contribution in [0.3, 0.4) is 0 Å². The van der Waals surface area contributed by atoms with Crippen molar-refractivity contribution < 1.29 is 32.3 Å². The Balaban J connectivity index is 1.27. The minimum absolute atomic E-state index is 0.0991. The van der Waals surface area contributed by atoms with Crippen LogP contribution in [0.2, 0.25) is 0 Å². The summed E-state index contributed by atoms with van der Waals surface area (Å²) >= 11 is 1.49. The van der Waals surface area contributed by atoms with Gasteiger partial charge < -0.3 is 25.0 Å². The van der Waals surface area contributed by atoms with E-state index in [0.29, 0.717) is 42.1 Å². The fraction of sp³-hybridized carbons (Fsp3) is 0.528. The molecule has 1 saturated heterocycles. The first kappa shape index (κ1) is 36.5. The Kier molecular flexibility index (Phi) is 10.6. The fourth-order valence-electron chi connectivity index (χ4n) is 6.41. The van der Waals surface area contributed by atoms with Gasteiger partial charge in [-0.2, -0.15) is 0 Å². The smallest absolute Gasteiger partial charge is 0.318 e. The van der Waals surface area contributed by atoms with E-state index in [4.69, 9.17) is 19.4 Å². The van der Waals surface area contributed by atoms with Gasteiger partial charge in [0.15, 0.2) is 0 Å². The van der Waals surface area contributed by atoms with Crippen LogP contribution in [0.15, 0.2) is 42.3 Å². The van der Waals surface area contributed by atoms with Gasteiger partial charge in [0.2, 0.25) is 15.9 Å². The molecule has 0 radical (unpaired) electrons. The summed E-state index contributed by atoms with van der Waals surface area (Å²) < 4.78 is 39.5. The average Bonchev–Trinajstić information content (AvgIpc) is 3.99. The Morgan fingerprint density at radius 2 is 1.96 bits per heavy atom. The Hall–Kier alpha value is -4.24. The van der Waals surface area contributed by atoms with Gasteiger partial charge in [-0.15, -0.1) is 17.9 Å². The van der Waals surface area contributed by atoms with E-state index < -0.39 is 56.7 Å². The molecule has 3 fully saturated rings. The number of fused-ring (bicyclic) bond motifs is 1. The maximum absolute atomic E-state index is 14.1. The van der Waals surface area contributed by atoms with Crippen molar-refractivity contribution in [2.45, 2.75) is 94.6 Å². The van der Waals surface area contributed by atoms with Crippen LogP contribution < -0.4 is 24.8 Å². The molecule has 4 amide bonds. The minimum Gasteiger partial charge on any atom is -0.497 e. The Morgan fingerprint density at radius 1 is 1.18 bits per heavy atom. The topological polar surface area (TPSA) is 169 Å². The third-order valence-corrected chi connectivity index (χ3v) is 12.4. The number of methoxy groups -OCH3 is 1. The van der Waals surface area contributed by atoms with E-state index in [2.05, 4.69) is 42.7 Å². The first-order chi connectivity index (χ1) is 24.4. The largest absolute Gasteiger partial charge is 0.497 e. The number of hydrogen-bond donors (Lipinski definition) is 3. The fourth-order valence-corrected chi connectivity index (χ4v) is 8.71. The number of pyridine rings is 1. The Bertz CT molecular complexity index is 1930. The Labute approximate surface area is 302 Å². The molecule has 51 heavy (non-hydrogen) atoms. The number of unbranched alkanes of at least 4 members (excludes halogenated alkanes) is 2. The van der Waals surface area contributed by atoms with Gasteiger partial charge in [0.25, 0.3) is 5.91 Å². The molecule has 3 aliphatic rings. The zero-order valence-electron chi connectivity index (χ0n) is 29.4. The van der Waals surface area contributed by atoms with Crippen molar-refractivity contribution >= 4 is 50.1 Å². The minimum atomic E-state index is -3.84. The number of thiazole rings is 1. The number of aromatic nitrogens is 2. The monoisotopic (exact) mass is 738 g/mol. The van der Waals surface area contributed by atoms with Crippen LogP contribution in [0.1, 0.15) is 77.3 Å². The predicted octanol–water partition coefficient (Wildman–Crippen LogP) is 4.88. The van der Waals surface area contributed by atoms with Gasteiger partial charge in [-0.3, -0.25) is 14.3 Å². The van der Waals surface area contributed by atoms with Crippen molar-refractivity contribution in [3.8, 4) is 22.2 Å². The number of amides is 4. The molecule has 0 bridgehead atoms. The molecule has 3 N–H and O–H groups in total. The summed E-state index contributed by atoms with van der Waals surface area (Å²) in [6.45, 7) is 10.6. The second kappa shape index (κ2) is 14.8. The zero-order valence-corrected chi connectivity index (χ0v) is 31.1. The number of carbonyl (C=O) groups excluding carboxylic acids is 3. The SMILES string of the molecule is C=C[C@@H]1C[C@]1(NC(=O)[C@@H]1C[C@@H](Oc2cc(-c3nc(C(C)C)cs3)nc3cc(OC)ccc23)CN1C(=O)NCCCCC)C(=O)NS(=O)(=O)C1CC1.